The lowest BCUT2D eigenvalue weighted by atomic mass is 10.1. The van der Waals surface area contributed by atoms with E-state index in [1.165, 1.54) is 3.97 Å². The maximum Gasteiger partial charge on any atom is 0.269 e. The summed E-state index contributed by atoms with van der Waals surface area (Å²) in [5.74, 6) is 0. The van der Waals surface area contributed by atoms with Gasteiger partial charge in [-0.1, -0.05) is 24.6 Å². The van der Waals surface area contributed by atoms with Crippen molar-refractivity contribution in [3.05, 3.63) is 60.2 Å². The van der Waals surface area contributed by atoms with Crippen molar-refractivity contribution in [2.45, 2.75) is 25.2 Å². The zero-order valence-electron chi connectivity index (χ0n) is 17.7. The minimum absolute atomic E-state index is 0.237. The average Bonchev–Trinajstić information content (AvgIpc) is 3.43. The largest absolute Gasteiger partial charge is 0.275 e. The molecule has 0 aliphatic heterocycles. The molecule has 31 heavy (non-hydrogen) atoms. The lowest BCUT2D eigenvalue weighted by Gasteiger charge is -2.07. The van der Waals surface area contributed by atoms with Gasteiger partial charge in [-0.15, -0.1) is 0 Å². The molecular weight excluding hydrogens is 412 g/mol. The van der Waals surface area contributed by atoms with Gasteiger partial charge < -0.3 is 0 Å². The van der Waals surface area contributed by atoms with Crippen molar-refractivity contribution in [3.8, 4) is 11.3 Å². The van der Waals surface area contributed by atoms with Crippen molar-refractivity contribution in [3.63, 3.8) is 0 Å². The van der Waals surface area contributed by atoms with Gasteiger partial charge in [0.1, 0.15) is 5.69 Å². The number of benzene rings is 1. The number of hydrogen-bond donors (Lipinski definition) is 0. The van der Waals surface area contributed by atoms with E-state index in [4.69, 9.17) is 5.10 Å². The van der Waals surface area contributed by atoms with Crippen LogP contribution in [-0.4, -0.2) is 36.9 Å². The number of rotatable bonds is 4. The van der Waals surface area contributed by atoms with E-state index in [-0.39, 0.29) is 4.90 Å². The Morgan fingerprint density at radius 3 is 2.42 bits per heavy atom. The molecule has 0 spiro atoms. The lowest BCUT2D eigenvalue weighted by Crippen LogP contribution is -2.12. The molecule has 0 unspecified atom stereocenters. The van der Waals surface area contributed by atoms with Gasteiger partial charge in [0.15, 0.2) is 5.65 Å². The summed E-state index contributed by atoms with van der Waals surface area (Å²) in [5.41, 5.74) is 4.84. The Hall–Kier alpha value is -3.46. The van der Waals surface area contributed by atoms with Gasteiger partial charge in [0.25, 0.3) is 10.0 Å². The standard InChI is InChI=1S/C22H22N6O2S/c1-5-15-13-28(31(29,30)17-8-6-14(2)7-9-17)22-19(15)21-18(11-23-22)20(25-27(21)4)16-10-24-26(3)12-16/h6-13H,5H2,1-4H3. The van der Waals surface area contributed by atoms with Crippen LogP contribution in [0.5, 0.6) is 0 Å². The summed E-state index contributed by atoms with van der Waals surface area (Å²) in [4.78, 5) is 4.83. The van der Waals surface area contributed by atoms with Crippen LogP contribution in [0.25, 0.3) is 33.2 Å². The normalized spacial score (nSPS) is 12.3. The molecular formula is C22H22N6O2S. The molecule has 1 aromatic carbocycles. The second-order valence-electron chi connectivity index (χ2n) is 7.72. The van der Waals surface area contributed by atoms with Crippen LogP contribution in [-0.2, 0) is 30.5 Å². The van der Waals surface area contributed by atoms with Gasteiger partial charge in [-0.25, -0.2) is 17.4 Å². The van der Waals surface area contributed by atoms with Crippen molar-refractivity contribution < 1.29 is 8.42 Å². The Morgan fingerprint density at radius 2 is 1.77 bits per heavy atom. The molecule has 8 nitrogen and oxygen atoms in total. The third-order valence-corrected chi connectivity index (χ3v) is 7.26. The maximum atomic E-state index is 13.4. The molecule has 4 heterocycles. The van der Waals surface area contributed by atoms with Crippen LogP contribution in [0, 0.1) is 6.92 Å². The number of pyridine rings is 1. The molecule has 0 N–H and O–H groups in total. The highest BCUT2D eigenvalue weighted by atomic mass is 32.2. The molecule has 0 atom stereocenters. The van der Waals surface area contributed by atoms with E-state index in [2.05, 4.69) is 10.1 Å². The van der Waals surface area contributed by atoms with Gasteiger partial charge in [-0.2, -0.15) is 10.2 Å². The number of fused-ring (bicyclic) bond motifs is 3. The number of nitrogens with zero attached hydrogens (tertiary/aromatic N) is 6. The molecule has 158 valence electrons. The van der Waals surface area contributed by atoms with Crippen LogP contribution in [0.1, 0.15) is 18.1 Å². The average molecular weight is 435 g/mol. The molecule has 0 radical (unpaired) electrons. The summed E-state index contributed by atoms with van der Waals surface area (Å²) in [7, 11) is -0.0585. The minimum Gasteiger partial charge on any atom is -0.275 e. The van der Waals surface area contributed by atoms with Gasteiger partial charge in [-0.3, -0.25) is 9.36 Å². The molecule has 5 aromatic rings. The van der Waals surface area contributed by atoms with Crippen LogP contribution in [0.2, 0.25) is 0 Å². The fraction of sp³-hybridized carbons (Fsp3) is 0.227. The maximum absolute atomic E-state index is 13.4. The number of hydrogen-bond acceptors (Lipinski definition) is 5. The summed E-state index contributed by atoms with van der Waals surface area (Å²) < 4.78 is 31.7. The predicted octanol–water partition coefficient (Wildman–Crippen LogP) is 3.43. The quantitative estimate of drug-likeness (QED) is 0.432. The Kier molecular flexibility index (Phi) is 4.26. The van der Waals surface area contributed by atoms with Crippen molar-refractivity contribution >= 4 is 32.0 Å². The van der Waals surface area contributed by atoms with E-state index in [0.717, 1.165) is 38.7 Å². The molecule has 0 aliphatic rings. The zero-order chi connectivity index (χ0) is 21.9. The van der Waals surface area contributed by atoms with Crippen molar-refractivity contribution in [1.82, 2.24) is 28.5 Å². The summed E-state index contributed by atoms with van der Waals surface area (Å²) in [6.07, 6.45) is 7.72. The number of aromatic nitrogens is 6. The van der Waals surface area contributed by atoms with Crippen molar-refractivity contribution in [1.29, 1.82) is 0 Å². The lowest BCUT2D eigenvalue weighted by molar-refractivity contribution is 0.588. The van der Waals surface area contributed by atoms with Crippen LogP contribution < -0.4 is 0 Å². The Bertz CT molecular complexity index is 1560. The summed E-state index contributed by atoms with van der Waals surface area (Å²) in [6.45, 7) is 3.94. The van der Waals surface area contributed by atoms with Gasteiger partial charge in [0.2, 0.25) is 0 Å². The molecule has 0 saturated heterocycles. The second-order valence-corrected chi connectivity index (χ2v) is 9.53. The molecule has 9 heteroatoms. The van der Waals surface area contributed by atoms with Crippen molar-refractivity contribution in [2.75, 3.05) is 0 Å². The van der Waals surface area contributed by atoms with E-state index in [9.17, 15) is 8.42 Å². The Balaban J connectivity index is 1.81. The molecule has 5 rings (SSSR count). The second kappa shape index (κ2) is 6.78. The highest BCUT2D eigenvalue weighted by Gasteiger charge is 2.25. The van der Waals surface area contributed by atoms with Crippen LogP contribution in [0.4, 0.5) is 0 Å². The molecule has 0 aliphatic carbocycles. The predicted molar refractivity (Wildman–Crippen MR) is 119 cm³/mol. The van der Waals surface area contributed by atoms with Crippen LogP contribution in [0.15, 0.2) is 53.9 Å². The third-order valence-electron chi connectivity index (χ3n) is 5.60. The first-order valence-corrected chi connectivity index (χ1v) is 11.4. The summed E-state index contributed by atoms with van der Waals surface area (Å²) in [5, 5.41) is 10.6. The van der Waals surface area contributed by atoms with Gasteiger partial charge in [-0.05, 0) is 31.0 Å². The summed E-state index contributed by atoms with van der Waals surface area (Å²) in [6, 6.07) is 6.86. The Labute approximate surface area is 179 Å². The highest BCUT2D eigenvalue weighted by Crippen LogP contribution is 2.35. The Morgan fingerprint density at radius 1 is 1.03 bits per heavy atom. The SMILES string of the molecule is CCc1cn(S(=O)(=O)c2ccc(C)cc2)c2ncc3c(-c4cnn(C)c4)nn(C)c3c12. The topological polar surface area (TPSA) is 87.6 Å². The number of aryl methyl sites for hydroxylation is 4. The van der Waals surface area contributed by atoms with Crippen molar-refractivity contribution in [2.24, 2.45) is 14.1 Å². The molecule has 0 bridgehead atoms. The van der Waals surface area contributed by atoms with Crippen LogP contribution >= 0.6 is 0 Å². The molecule has 0 saturated carbocycles. The van der Waals surface area contributed by atoms with E-state index in [1.807, 2.05) is 34.1 Å². The van der Waals surface area contributed by atoms with E-state index < -0.39 is 10.0 Å². The van der Waals surface area contributed by atoms with E-state index in [1.54, 1.807) is 52.2 Å². The molecule has 4 aromatic heterocycles. The molecule has 0 fully saturated rings. The van der Waals surface area contributed by atoms with E-state index >= 15 is 0 Å². The van der Waals surface area contributed by atoms with Gasteiger partial charge >= 0.3 is 0 Å². The smallest absolute Gasteiger partial charge is 0.269 e. The van der Waals surface area contributed by atoms with Gasteiger partial charge in [0.05, 0.1) is 16.6 Å². The first-order valence-electron chi connectivity index (χ1n) is 9.98. The fourth-order valence-electron chi connectivity index (χ4n) is 4.02. The first-order chi connectivity index (χ1) is 14.8. The minimum atomic E-state index is -3.78. The van der Waals surface area contributed by atoms with E-state index in [0.29, 0.717) is 12.1 Å². The van der Waals surface area contributed by atoms with Crippen LogP contribution in [0.3, 0.4) is 0 Å². The third kappa shape index (κ3) is 2.88. The fourth-order valence-corrected chi connectivity index (χ4v) is 5.36. The monoisotopic (exact) mass is 434 g/mol. The van der Waals surface area contributed by atoms with Gasteiger partial charge in [0, 0.05) is 49.0 Å². The first kappa shape index (κ1) is 19.5. The highest BCUT2D eigenvalue weighted by molar-refractivity contribution is 7.90. The zero-order valence-corrected chi connectivity index (χ0v) is 18.6. The molecule has 0 amide bonds. The summed E-state index contributed by atoms with van der Waals surface area (Å²) >= 11 is 0.